The van der Waals surface area contributed by atoms with Gasteiger partial charge in [0.05, 0.1) is 12.1 Å². The topological polar surface area (TPSA) is 51.0 Å². The first-order chi connectivity index (χ1) is 10.1. The lowest BCUT2D eigenvalue weighted by molar-refractivity contribution is 0.0779. The Morgan fingerprint density at radius 3 is 3.10 bits per heavy atom. The average molecular weight is 461 g/mol. The lowest BCUT2D eigenvalue weighted by atomic mass is 10.2. The second-order valence-corrected chi connectivity index (χ2v) is 7.17. The number of amides is 1. The maximum absolute atomic E-state index is 12.6. The maximum Gasteiger partial charge on any atom is 0.255 e. The van der Waals surface area contributed by atoms with E-state index < -0.39 is 0 Å². The molecule has 0 spiro atoms. The Balaban J connectivity index is 1.80. The molecule has 0 aliphatic carbocycles. The van der Waals surface area contributed by atoms with Gasteiger partial charge in [0.2, 0.25) is 0 Å². The Labute approximate surface area is 145 Å². The van der Waals surface area contributed by atoms with E-state index in [9.17, 15) is 4.79 Å². The number of nitrogens with zero attached hydrogens (tertiary/aromatic N) is 4. The normalized spacial score (nSPS) is 13.3. The summed E-state index contributed by atoms with van der Waals surface area (Å²) in [5.74, 6) is 1.87. The van der Waals surface area contributed by atoms with Gasteiger partial charge in [-0.1, -0.05) is 0 Å². The highest BCUT2D eigenvalue weighted by Gasteiger charge is 2.21. The van der Waals surface area contributed by atoms with Crippen LogP contribution in [0, 0.1) is 3.57 Å². The van der Waals surface area contributed by atoms with Crippen LogP contribution in [0.2, 0.25) is 0 Å². The molecule has 2 heterocycles. The van der Waals surface area contributed by atoms with Crippen LogP contribution in [0.25, 0.3) is 0 Å². The molecule has 110 valence electrons. The third-order valence-corrected chi connectivity index (χ3v) is 4.93. The second kappa shape index (κ2) is 6.04. The number of hydrogen-bond donors (Lipinski definition) is 0. The van der Waals surface area contributed by atoms with Crippen molar-refractivity contribution in [3.8, 4) is 0 Å². The summed E-state index contributed by atoms with van der Waals surface area (Å²) in [4.78, 5) is 14.3. The van der Waals surface area contributed by atoms with Gasteiger partial charge in [-0.05, 0) is 63.1 Å². The summed E-state index contributed by atoms with van der Waals surface area (Å²) < 4.78 is 3.97. The van der Waals surface area contributed by atoms with E-state index in [2.05, 4.69) is 53.3 Å². The van der Waals surface area contributed by atoms with Crippen molar-refractivity contribution >= 4 is 44.4 Å². The minimum absolute atomic E-state index is 0.0178. The Morgan fingerprint density at radius 2 is 2.29 bits per heavy atom. The highest BCUT2D eigenvalue weighted by Crippen LogP contribution is 2.22. The van der Waals surface area contributed by atoms with Gasteiger partial charge in [-0.2, -0.15) is 0 Å². The number of aromatic nitrogens is 3. The maximum atomic E-state index is 12.6. The molecule has 0 radical (unpaired) electrons. The number of fused-ring (bicyclic) bond motifs is 1. The number of halogens is 2. The summed E-state index contributed by atoms with van der Waals surface area (Å²) >= 11 is 5.65. The van der Waals surface area contributed by atoms with E-state index in [1.807, 2.05) is 18.2 Å². The molecular weight excluding hydrogens is 447 g/mol. The van der Waals surface area contributed by atoms with Gasteiger partial charge in [0.1, 0.15) is 5.82 Å². The highest BCUT2D eigenvalue weighted by molar-refractivity contribution is 14.1. The van der Waals surface area contributed by atoms with Gasteiger partial charge < -0.3 is 9.47 Å². The molecule has 7 heteroatoms. The highest BCUT2D eigenvalue weighted by atomic mass is 127. The SMILES string of the molecule is CN(Cc1nnc2n1CCC2)C(=O)c1cc(I)ccc1Br. The monoisotopic (exact) mass is 460 g/mol. The fourth-order valence-electron chi connectivity index (χ4n) is 2.48. The van der Waals surface area contributed by atoms with Gasteiger partial charge in [0, 0.05) is 28.1 Å². The van der Waals surface area contributed by atoms with Gasteiger partial charge in [0.25, 0.3) is 5.91 Å². The van der Waals surface area contributed by atoms with Crippen molar-refractivity contribution in [2.45, 2.75) is 25.9 Å². The van der Waals surface area contributed by atoms with E-state index in [0.717, 1.165) is 39.1 Å². The van der Waals surface area contributed by atoms with E-state index in [4.69, 9.17) is 0 Å². The molecule has 0 fully saturated rings. The third kappa shape index (κ3) is 2.98. The molecule has 1 aromatic carbocycles. The second-order valence-electron chi connectivity index (χ2n) is 5.07. The zero-order chi connectivity index (χ0) is 15.0. The smallest absolute Gasteiger partial charge is 0.255 e. The molecule has 1 aliphatic heterocycles. The molecule has 0 N–H and O–H groups in total. The van der Waals surface area contributed by atoms with Crippen LogP contribution in [-0.4, -0.2) is 32.6 Å². The Morgan fingerprint density at radius 1 is 1.48 bits per heavy atom. The molecule has 5 nitrogen and oxygen atoms in total. The zero-order valence-electron chi connectivity index (χ0n) is 11.5. The molecule has 0 atom stereocenters. The molecule has 21 heavy (non-hydrogen) atoms. The first-order valence-electron chi connectivity index (χ1n) is 6.67. The fourth-order valence-corrected chi connectivity index (χ4v) is 3.39. The number of benzene rings is 1. The van der Waals surface area contributed by atoms with E-state index in [1.165, 1.54) is 0 Å². The summed E-state index contributed by atoms with van der Waals surface area (Å²) in [6.45, 7) is 1.43. The molecule has 2 aromatic rings. The van der Waals surface area contributed by atoms with Crippen LogP contribution in [-0.2, 0) is 19.5 Å². The van der Waals surface area contributed by atoms with E-state index in [0.29, 0.717) is 12.1 Å². The summed E-state index contributed by atoms with van der Waals surface area (Å²) in [7, 11) is 1.80. The Bertz CT molecular complexity index is 700. The number of aryl methyl sites for hydroxylation is 1. The van der Waals surface area contributed by atoms with Crippen molar-refractivity contribution in [1.82, 2.24) is 19.7 Å². The average Bonchev–Trinajstić information content (AvgIpc) is 3.05. The van der Waals surface area contributed by atoms with Crippen LogP contribution >= 0.6 is 38.5 Å². The fraction of sp³-hybridized carbons (Fsp3) is 0.357. The molecule has 1 aromatic heterocycles. The predicted molar refractivity (Wildman–Crippen MR) is 91.0 cm³/mol. The zero-order valence-corrected chi connectivity index (χ0v) is 15.3. The number of rotatable bonds is 3. The lowest BCUT2D eigenvalue weighted by Crippen LogP contribution is -2.28. The van der Waals surface area contributed by atoms with Gasteiger partial charge in [-0.15, -0.1) is 10.2 Å². The third-order valence-electron chi connectivity index (χ3n) is 3.57. The van der Waals surface area contributed by atoms with Gasteiger partial charge in [-0.25, -0.2) is 0 Å². The molecule has 1 aliphatic rings. The quantitative estimate of drug-likeness (QED) is 0.662. The van der Waals surface area contributed by atoms with E-state index >= 15 is 0 Å². The number of carbonyl (C=O) groups is 1. The molecule has 0 saturated carbocycles. The molecule has 3 rings (SSSR count). The molecular formula is C14H14BrIN4O. The van der Waals surface area contributed by atoms with Crippen LogP contribution in [0.5, 0.6) is 0 Å². The minimum Gasteiger partial charge on any atom is -0.334 e. The van der Waals surface area contributed by atoms with Gasteiger partial charge in [0.15, 0.2) is 5.82 Å². The van der Waals surface area contributed by atoms with Crippen LogP contribution in [0.3, 0.4) is 0 Å². The first kappa shape index (κ1) is 15.0. The summed E-state index contributed by atoms with van der Waals surface area (Å²) in [6.07, 6.45) is 2.09. The standard InChI is InChI=1S/C14H14BrIN4O/c1-19(8-13-18-17-12-3-2-6-20(12)13)14(21)10-7-9(16)4-5-11(10)15/h4-5,7H,2-3,6,8H2,1H3. The van der Waals surface area contributed by atoms with Gasteiger partial charge in [-0.3, -0.25) is 4.79 Å². The van der Waals surface area contributed by atoms with Crippen LogP contribution in [0.4, 0.5) is 0 Å². The van der Waals surface area contributed by atoms with Crippen molar-refractivity contribution in [2.24, 2.45) is 0 Å². The first-order valence-corrected chi connectivity index (χ1v) is 8.55. The van der Waals surface area contributed by atoms with Crippen molar-refractivity contribution in [2.75, 3.05) is 7.05 Å². The summed E-state index contributed by atoms with van der Waals surface area (Å²) in [5, 5.41) is 8.38. The largest absolute Gasteiger partial charge is 0.334 e. The molecule has 0 saturated heterocycles. The lowest BCUT2D eigenvalue weighted by Gasteiger charge is -2.18. The Hall–Kier alpha value is -0.960. The van der Waals surface area contributed by atoms with Crippen molar-refractivity contribution in [3.63, 3.8) is 0 Å². The molecule has 0 unspecified atom stereocenters. The van der Waals surface area contributed by atoms with E-state index in [-0.39, 0.29) is 5.91 Å². The van der Waals surface area contributed by atoms with E-state index in [1.54, 1.807) is 11.9 Å². The van der Waals surface area contributed by atoms with Crippen molar-refractivity contribution in [3.05, 3.63) is 43.5 Å². The molecule has 1 amide bonds. The Kier molecular flexibility index (Phi) is 4.30. The van der Waals surface area contributed by atoms with Gasteiger partial charge >= 0.3 is 0 Å². The predicted octanol–water partition coefficient (Wildman–Crippen LogP) is 2.86. The summed E-state index contributed by atoms with van der Waals surface area (Å²) in [6, 6.07) is 5.75. The van der Waals surface area contributed by atoms with Crippen molar-refractivity contribution in [1.29, 1.82) is 0 Å². The van der Waals surface area contributed by atoms with Crippen molar-refractivity contribution < 1.29 is 4.79 Å². The number of carbonyl (C=O) groups excluding carboxylic acids is 1. The number of hydrogen-bond acceptors (Lipinski definition) is 3. The van der Waals surface area contributed by atoms with Crippen LogP contribution in [0.15, 0.2) is 22.7 Å². The summed E-state index contributed by atoms with van der Waals surface area (Å²) in [5.41, 5.74) is 0.672. The molecule has 0 bridgehead atoms. The minimum atomic E-state index is -0.0178. The van der Waals surface area contributed by atoms with Crippen LogP contribution < -0.4 is 0 Å². The van der Waals surface area contributed by atoms with Crippen LogP contribution in [0.1, 0.15) is 28.4 Å².